The molecule has 0 saturated heterocycles. The lowest BCUT2D eigenvalue weighted by molar-refractivity contribution is 0.589. The molecule has 6 nitrogen and oxygen atoms in total. The molecule has 2 aromatic heterocycles. The largest absolute Gasteiger partial charge is 0.266 e. The zero-order valence-corrected chi connectivity index (χ0v) is 15.4. The summed E-state index contributed by atoms with van der Waals surface area (Å²) in [5.41, 5.74) is 4.20. The van der Waals surface area contributed by atoms with Gasteiger partial charge < -0.3 is 0 Å². The molecule has 0 fully saturated rings. The maximum atomic E-state index is 12.2. The van der Waals surface area contributed by atoms with Crippen LogP contribution in [0.1, 0.15) is 16.8 Å². The minimum atomic E-state index is -3.55. The zero-order valence-electron chi connectivity index (χ0n) is 14.6. The zero-order chi connectivity index (χ0) is 18.6. The van der Waals surface area contributed by atoms with E-state index in [9.17, 15) is 8.42 Å². The molecule has 0 unspecified atom stereocenters. The Morgan fingerprint density at radius 3 is 2.62 bits per heavy atom. The lowest BCUT2D eigenvalue weighted by Crippen LogP contribution is -2.20. The maximum Gasteiger partial charge on any atom is 0.234 e. The molecule has 26 heavy (non-hydrogen) atoms. The summed E-state index contributed by atoms with van der Waals surface area (Å²) >= 11 is 0. The summed E-state index contributed by atoms with van der Waals surface area (Å²) in [7, 11) is -1.75. The second-order valence-electron chi connectivity index (χ2n) is 5.94. The van der Waals surface area contributed by atoms with Gasteiger partial charge in [-0.05, 0) is 36.8 Å². The van der Waals surface area contributed by atoms with Crippen LogP contribution in [0.15, 0.2) is 60.1 Å². The van der Waals surface area contributed by atoms with Crippen LogP contribution in [0.3, 0.4) is 0 Å². The molecule has 0 aliphatic carbocycles. The van der Waals surface area contributed by atoms with Gasteiger partial charge in [0.1, 0.15) is 0 Å². The fourth-order valence-corrected chi connectivity index (χ4v) is 3.22. The Hall–Kier alpha value is -2.77. The minimum Gasteiger partial charge on any atom is -0.266 e. The fraction of sp³-hybridized carbons (Fsp3) is 0.158. The smallest absolute Gasteiger partial charge is 0.234 e. The molecule has 0 aliphatic heterocycles. The molecule has 7 heteroatoms. The first-order valence-corrected chi connectivity index (χ1v) is 9.66. The van der Waals surface area contributed by atoms with E-state index in [2.05, 4.69) is 14.8 Å². The van der Waals surface area contributed by atoms with E-state index in [0.29, 0.717) is 5.69 Å². The number of sulfonamides is 1. The van der Waals surface area contributed by atoms with E-state index in [4.69, 9.17) is 0 Å². The Labute approximate surface area is 153 Å². The standard InChI is InChI=1S/C19H20N4O2S/c1-15-6-8-16(9-7-15)10-12-26(24,25)21-14-17-13-19(23(2)22-17)18-5-3-4-11-20-18/h3-13,21H,14H2,1-2H3. The first kappa shape index (κ1) is 18.0. The number of rotatable bonds is 6. The summed E-state index contributed by atoms with van der Waals surface area (Å²) in [6.07, 6.45) is 3.28. The average Bonchev–Trinajstić information content (AvgIpc) is 3.01. The number of nitrogens with one attached hydrogen (secondary N) is 1. The molecular weight excluding hydrogens is 348 g/mol. The van der Waals surface area contributed by atoms with E-state index in [1.807, 2.05) is 55.5 Å². The van der Waals surface area contributed by atoms with Gasteiger partial charge in [-0.2, -0.15) is 5.10 Å². The van der Waals surface area contributed by atoms with Crippen LogP contribution in [-0.4, -0.2) is 23.2 Å². The normalized spacial score (nSPS) is 11.9. The third kappa shape index (κ3) is 4.65. The lowest BCUT2D eigenvalue weighted by atomic mass is 10.2. The van der Waals surface area contributed by atoms with Gasteiger partial charge >= 0.3 is 0 Å². The van der Waals surface area contributed by atoms with Crippen molar-refractivity contribution in [1.29, 1.82) is 0 Å². The van der Waals surface area contributed by atoms with Gasteiger partial charge in [0.25, 0.3) is 0 Å². The molecule has 134 valence electrons. The van der Waals surface area contributed by atoms with Crippen LogP contribution >= 0.6 is 0 Å². The minimum absolute atomic E-state index is 0.112. The van der Waals surface area contributed by atoms with Crippen molar-refractivity contribution < 1.29 is 8.42 Å². The molecule has 0 bridgehead atoms. The third-order valence-electron chi connectivity index (χ3n) is 3.83. The maximum absolute atomic E-state index is 12.2. The number of hydrogen-bond acceptors (Lipinski definition) is 4. The summed E-state index contributed by atoms with van der Waals surface area (Å²) in [6.45, 7) is 2.10. The average molecular weight is 368 g/mol. The number of hydrogen-bond donors (Lipinski definition) is 1. The predicted molar refractivity (Wildman–Crippen MR) is 102 cm³/mol. The van der Waals surface area contributed by atoms with Gasteiger partial charge in [0.05, 0.1) is 23.6 Å². The summed E-state index contributed by atoms with van der Waals surface area (Å²) in [5, 5.41) is 5.51. The molecular formula is C19H20N4O2S. The van der Waals surface area contributed by atoms with Crippen molar-refractivity contribution in [2.45, 2.75) is 13.5 Å². The Bertz CT molecular complexity index is 1010. The number of aryl methyl sites for hydroxylation is 2. The number of benzene rings is 1. The van der Waals surface area contributed by atoms with E-state index in [1.165, 1.54) is 5.41 Å². The van der Waals surface area contributed by atoms with Gasteiger partial charge in [-0.15, -0.1) is 0 Å². The molecule has 0 spiro atoms. The molecule has 0 amide bonds. The summed E-state index contributed by atoms with van der Waals surface area (Å²) < 4.78 is 28.5. The van der Waals surface area contributed by atoms with Gasteiger partial charge in [-0.3, -0.25) is 9.67 Å². The van der Waals surface area contributed by atoms with E-state index >= 15 is 0 Å². The Morgan fingerprint density at radius 2 is 1.92 bits per heavy atom. The van der Waals surface area contributed by atoms with Crippen LogP contribution in [0.5, 0.6) is 0 Å². The summed E-state index contributed by atoms with van der Waals surface area (Å²) in [6, 6.07) is 15.1. The highest BCUT2D eigenvalue weighted by atomic mass is 32.2. The molecule has 1 N–H and O–H groups in total. The number of aromatic nitrogens is 3. The number of nitrogens with zero attached hydrogens (tertiary/aromatic N) is 3. The van der Waals surface area contributed by atoms with Crippen molar-refractivity contribution in [3.8, 4) is 11.4 Å². The van der Waals surface area contributed by atoms with Gasteiger partial charge in [-0.25, -0.2) is 13.1 Å². The van der Waals surface area contributed by atoms with Crippen LogP contribution < -0.4 is 4.72 Å². The molecule has 0 atom stereocenters. The lowest BCUT2D eigenvalue weighted by Gasteiger charge is -2.00. The van der Waals surface area contributed by atoms with Gasteiger partial charge in [0, 0.05) is 18.7 Å². The highest BCUT2D eigenvalue weighted by Crippen LogP contribution is 2.17. The Balaban J connectivity index is 1.67. The van der Waals surface area contributed by atoms with Crippen LogP contribution in [0.25, 0.3) is 17.5 Å². The second kappa shape index (κ2) is 7.63. The highest BCUT2D eigenvalue weighted by molar-refractivity contribution is 7.92. The van der Waals surface area contributed by atoms with Crippen molar-refractivity contribution >= 4 is 16.1 Å². The van der Waals surface area contributed by atoms with Crippen molar-refractivity contribution in [2.75, 3.05) is 0 Å². The van der Waals surface area contributed by atoms with E-state index in [1.54, 1.807) is 24.0 Å². The van der Waals surface area contributed by atoms with Crippen LogP contribution in [-0.2, 0) is 23.6 Å². The molecule has 3 aromatic rings. The number of pyridine rings is 1. The van der Waals surface area contributed by atoms with E-state index in [0.717, 1.165) is 22.5 Å². The fourth-order valence-electron chi connectivity index (χ4n) is 2.44. The SMILES string of the molecule is Cc1ccc(C=CS(=O)(=O)NCc2cc(-c3ccccn3)n(C)n2)cc1. The monoisotopic (exact) mass is 368 g/mol. The molecule has 2 heterocycles. The topological polar surface area (TPSA) is 76.9 Å². The first-order chi connectivity index (χ1) is 12.4. The Morgan fingerprint density at radius 1 is 1.15 bits per heavy atom. The van der Waals surface area contributed by atoms with Crippen molar-refractivity contribution in [2.24, 2.45) is 7.05 Å². The van der Waals surface area contributed by atoms with Crippen LogP contribution in [0.2, 0.25) is 0 Å². The third-order valence-corrected chi connectivity index (χ3v) is 4.87. The van der Waals surface area contributed by atoms with E-state index in [-0.39, 0.29) is 6.54 Å². The van der Waals surface area contributed by atoms with Gasteiger partial charge in [0.2, 0.25) is 10.0 Å². The molecule has 0 radical (unpaired) electrons. The first-order valence-electron chi connectivity index (χ1n) is 8.12. The van der Waals surface area contributed by atoms with E-state index < -0.39 is 10.0 Å². The van der Waals surface area contributed by atoms with Crippen LogP contribution in [0, 0.1) is 6.92 Å². The van der Waals surface area contributed by atoms with Crippen molar-refractivity contribution in [3.05, 3.63) is 77.0 Å². The summed E-state index contributed by atoms with van der Waals surface area (Å²) in [4.78, 5) is 4.29. The predicted octanol–water partition coefficient (Wildman–Crippen LogP) is 2.88. The van der Waals surface area contributed by atoms with Crippen LogP contribution in [0.4, 0.5) is 0 Å². The van der Waals surface area contributed by atoms with Gasteiger partial charge in [0.15, 0.2) is 0 Å². The van der Waals surface area contributed by atoms with Crippen molar-refractivity contribution in [1.82, 2.24) is 19.5 Å². The Kier molecular flexibility index (Phi) is 5.29. The molecule has 1 aromatic carbocycles. The second-order valence-corrected chi connectivity index (χ2v) is 7.59. The quantitative estimate of drug-likeness (QED) is 0.726. The molecule has 0 saturated carbocycles. The summed E-state index contributed by atoms with van der Waals surface area (Å²) in [5.74, 6) is 0. The molecule has 3 rings (SSSR count). The highest BCUT2D eigenvalue weighted by Gasteiger charge is 2.11. The molecule has 0 aliphatic rings. The van der Waals surface area contributed by atoms with Crippen molar-refractivity contribution in [3.63, 3.8) is 0 Å². The van der Waals surface area contributed by atoms with Gasteiger partial charge in [-0.1, -0.05) is 35.9 Å².